The predicted molar refractivity (Wildman–Crippen MR) is 79.4 cm³/mol. The van der Waals surface area contributed by atoms with Gasteiger partial charge in [-0.3, -0.25) is 10.1 Å². The fraction of sp³-hybridized carbons (Fsp3) is 0.500. The lowest BCUT2D eigenvalue weighted by Gasteiger charge is -2.35. The molecule has 2 aliphatic rings. The van der Waals surface area contributed by atoms with Crippen molar-refractivity contribution in [1.29, 1.82) is 0 Å². The first-order chi connectivity index (χ1) is 9.25. The van der Waals surface area contributed by atoms with Gasteiger partial charge in [0.1, 0.15) is 6.17 Å². The van der Waals surface area contributed by atoms with Gasteiger partial charge in [0.15, 0.2) is 0 Å². The van der Waals surface area contributed by atoms with E-state index in [1.165, 1.54) is 0 Å². The third kappa shape index (κ3) is 2.76. The molecule has 1 atom stereocenters. The van der Waals surface area contributed by atoms with E-state index in [0.29, 0.717) is 12.6 Å². The number of carbonyl (C=O) groups is 1. The van der Waals surface area contributed by atoms with Crippen molar-refractivity contribution < 1.29 is 4.79 Å². The Morgan fingerprint density at radius 3 is 2.84 bits per heavy atom. The summed E-state index contributed by atoms with van der Waals surface area (Å²) in [6.45, 7) is 0.431. The van der Waals surface area contributed by atoms with Gasteiger partial charge < -0.3 is 4.90 Å². The fourth-order valence-corrected chi connectivity index (χ4v) is 4.13. The standard InChI is InChI=1S/C14H17ClN2OS/c15-11-3-1-2-10(8-11)14-16-9-13(18)17(14)12-4-6-19-7-5-12/h1-3,8,12,14,16H,4-7,9H2. The largest absolute Gasteiger partial charge is 0.319 e. The smallest absolute Gasteiger partial charge is 0.238 e. The van der Waals surface area contributed by atoms with E-state index in [-0.39, 0.29) is 12.1 Å². The first kappa shape index (κ1) is 13.3. The number of hydrogen-bond donors (Lipinski definition) is 1. The number of carbonyl (C=O) groups excluding carboxylic acids is 1. The molecule has 2 aliphatic heterocycles. The Morgan fingerprint density at radius 1 is 1.32 bits per heavy atom. The molecular weight excluding hydrogens is 280 g/mol. The summed E-state index contributed by atoms with van der Waals surface area (Å²) in [7, 11) is 0. The third-order valence-corrected chi connectivity index (χ3v) is 5.05. The van der Waals surface area contributed by atoms with E-state index in [4.69, 9.17) is 11.6 Å². The van der Waals surface area contributed by atoms with E-state index in [2.05, 4.69) is 5.32 Å². The number of nitrogens with zero attached hydrogens (tertiary/aromatic N) is 1. The molecule has 0 radical (unpaired) electrons. The maximum absolute atomic E-state index is 12.2. The minimum Gasteiger partial charge on any atom is -0.319 e. The number of nitrogens with one attached hydrogen (secondary N) is 1. The van der Waals surface area contributed by atoms with Crippen LogP contribution in [0.4, 0.5) is 0 Å². The van der Waals surface area contributed by atoms with Crippen LogP contribution in [0.15, 0.2) is 24.3 Å². The predicted octanol–water partition coefficient (Wildman–Crippen LogP) is 2.67. The summed E-state index contributed by atoms with van der Waals surface area (Å²) in [4.78, 5) is 14.2. The van der Waals surface area contributed by atoms with Crippen LogP contribution in [0.5, 0.6) is 0 Å². The first-order valence-electron chi connectivity index (χ1n) is 6.63. The molecule has 3 rings (SSSR count). The molecule has 3 nitrogen and oxygen atoms in total. The van der Waals surface area contributed by atoms with E-state index < -0.39 is 0 Å². The Labute approximate surface area is 122 Å². The van der Waals surface area contributed by atoms with Crippen molar-refractivity contribution >= 4 is 29.3 Å². The van der Waals surface area contributed by atoms with Crippen molar-refractivity contribution in [3.8, 4) is 0 Å². The minimum atomic E-state index is -0.0145. The Kier molecular flexibility index (Phi) is 4.01. The molecule has 0 bridgehead atoms. The average molecular weight is 297 g/mol. The molecule has 1 aromatic rings. The van der Waals surface area contributed by atoms with Crippen LogP contribution >= 0.6 is 23.4 Å². The van der Waals surface area contributed by atoms with Crippen LogP contribution in [-0.2, 0) is 4.79 Å². The highest BCUT2D eigenvalue weighted by molar-refractivity contribution is 7.99. The molecule has 0 spiro atoms. The zero-order valence-corrected chi connectivity index (χ0v) is 12.2. The molecule has 19 heavy (non-hydrogen) atoms. The van der Waals surface area contributed by atoms with Crippen LogP contribution in [-0.4, -0.2) is 34.9 Å². The Balaban J connectivity index is 1.85. The van der Waals surface area contributed by atoms with Gasteiger partial charge in [-0.25, -0.2) is 0 Å². The van der Waals surface area contributed by atoms with Gasteiger partial charge in [0, 0.05) is 11.1 Å². The topological polar surface area (TPSA) is 32.3 Å². The van der Waals surface area contributed by atoms with Gasteiger partial charge in [-0.1, -0.05) is 23.7 Å². The average Bonchev–Trinajstić information content (AvgIpc) is 2.82. The van der Waals surface area contributed by atoms with Gasteiger partial charge in [-0.05, 0) is 42.0 Å². The highest BCUT2D eigenvalue weighted by Gasteiger charge is 2.37. The lowest BCUT2D eigenvalue weighted by molar-refractivity contribution is -0.130. The van der Waals surface area contributed by atoms with E-state index >= 15 is 0 Å². The van der Waals surface area contributed by atoms with Gasteiger partial charge in [-0.15, -0.1) is 0 Å². The van der Waals surface area contributed by atoms with Crippen molar-refractivity contribution in [1.82, 2.24) is 10.2 Å². The van der Waals surface area contributed by atoms with Crippen LogP contribution in [0.3, 0.4) is 0 Å². The first-order valence-corrected chi connectivity index (χ1v) is 8.17. The van der Waals surface area contributed by atoms with Crippen LogP contribution in [0, 0.1) is 0 Å². The number of benzene rings is 1. The summed E-state index contributed by atoms with van der Waals surface area (Å²) in [5, 5.41) is 4.03. The molecule has 0 saturated carbocycles. The van der Waals surface area contributed by atoms with E-state index in [1.807, 2.05) is 40.9 Å². The van der Waals surface area contributed by atoms with E-state index in [1.54, 1.807) is 0 Å². The number of rotatable bonds is 2. The van der Waals surface area contributed by atoms with Crippen molar-refractivity contribution in [2.24, 2.45) is 0 Å². The quantitative estimate of drug-likeness (QED) is 0.911. The van der Waals surface area contributed by atoms with Crippen molar-refractivity contribution in [2.45, 2.75) is 25.0 Å². The monoisotopic (exact) mass is 296 g/mol. The van der Waals surface area contributed by atoms with Gasteiger partial charge in [-0.2, -0.15) is 11.8 Å². The molecule has 1 unspecified atom stereocenters. The molecule has 102 valence electrons. The number of thioether (sulfide) groups is 1. The van der Waals surface area contributed by atoms with E-state index in [0.717, 1.165) is 34.9 Å². The van der Waals surface area contributed by atoms with Gasteiger partial charge in [0.05, 0.1) is 6.54 Å². The van der Waals surface area contributed by atoms with Crippen LogP contribution in [0.25, 0.3) is 0 Å². The highest BCUT2D eigenvalue weighted by atomic mass is 35.5. The van der Waals surface area contributed by atoms with E-state index in [9.17, 15) is 4.79 Å². The van der Waals surface area contributed by atoms with Crippen LogP contribution < -0.4 is 5.32 Å². The van der Waals surface area contributed by atoms with Gasteiger partial charge in [0.25, 0.3) is 0 Å². The Morgan fingerprint density at radius 2 is 2.11 bits per heavy atom. The zero-order chi connectivity index (χ0) is 13.2. The molecule has 5 heteroatoms. The summed E-state index contributed by atoms with van der Waals surface area (Å²) < 4.78 is 0. The van der Waals surface area contributed by atoms with Crippen LogP contribution in [0.1, 0.15) is 24.6 Å². The lowest BCUT2D eigenvalue weighted by atomic mass is 10.1. The number of hydrogen-bond acceptors (Lipinski definition) is 3. The highest BCUT2D eigenvalue weighted by Crippen LogP contribution is 2.31. The number of amides is 1. The molecule has 2 heterocycles. The lowest BCUT2D eigenvalue weighted by Crippen LogP contribution is -2.41. The maximum atomic E-state index is 12.2. The summed E-state index contributed by atoms with van der Waals surface area (Å²) in [5.74, 6) is 2.51. The maximum Gasteiger partial charge on any atom is 0.238 e. The molecule has 2 fully saturated rings. The van der Waals surface area contributed by atoms with Crippen molar-refractivity contribution in [3.63, 3.8) is 0 Å². The van der Waals surface area contributed by atoms with Crippen molar-refractivity contribution in [3.05, 3.63) is 34.9 Å². The fourth-order valence-electron chi connectivity index (χ4n) is 2.85. The van der Waals surface area contributed by atoms with Gasteiger partial charge in [0.2, 0.25) is 5.91 Å². The second-order valence-corrected chi connectivity index (χ2v) is 6.64. The normalized spacial score (nSPS) is 25.0. The summed E-state index contributed by atoms with van der Waals surface area (Å²) in [5.41, 5.74) is 1.08. The van der Waals surface area contributed by atoms with Crippen LogP contribution in [0.2, 0.25) is 5.02 Å². The molecule has 1 N–H and O–H groups in total. The van der Waals surface area contributed by atoms with Gasteiger partial charge >= 0.3 is 0 Å². The summed E-state index contributed by atoms with van der Waals surface area (Å²) in [6, 6.07) is 8.16. The third-order valence-electron chi connectivity index (χ3n) is 3.76. The van der Waals surface area contributed by atoms with Crippen molar-refractivity contribution in [2.75, 3.05) is 18.1 Å². The SMILES string of the molecule is O=C1CNC(c2cccc(Cl)c2)N1C1CCSCC1. The molecule has 1 amide bonds. The molecular formula is C14H17ClN2OS. The second kappa shape index (κ2) is 5.73. The molecule has 2 saturated heterocycles. The molecule has 1 aromatic carbocycles. The second-order valence-electron chi connectivity index (χ2n) is 4.98. The molecule has 0 aliphatic carbocycles. The summed E-state index contributed by atoms with van der Waals surface area (Å²) >= 11 is 8.04. The Bertz CT molecular complexity index is 476. The Hall–Kier alpha value is -0.710. The molecule has 0 aromatic heterocycles. The number of halogens is 1. The minimum absolute atomic E-state index is 0.0145. The zero-order valence-electron chi connectivity index (χ0n) is 10.6. The summed E-state index contributed by atoms with van der Waals surface area (Å²) in [6.07, 6.45) is 2.17.